The normalized spacial score (nSPS) is 24.3. The van der Waals surface area contributed by atoms with Gasteiger partial charge in [0.1, 0.15) is 17.1 Å². The van der Waals surface area contributed by atoms with Gasteiger partial charge in [-0.1, -0.05) is 0 Å². The van der Waals surface area contributed by atoms with Crippen LogP contribution in [0.25, 0.3) is 0 Å². The highest BCUT2D eigenvalue weighted by Crippen LogP contribution is 2.60. The van der Waals surface area contributed by atoms with Gasteiger partial charge in [-0.15, -0.1) is 0 Å². The van der Waals surface area contributed by atoms with Crippen molar-refractivity contribution < 1.29 is 27.5 Å². The lowest BCUT2D eigenvalue weighted by molar-refractivity contribution is -0.142. The minimum absolute atomic E-state index is 0.0682. The lowest BCUT2D eigenvalue weighted by atomic mass is 9.44. The van der Waals surface area contributed by atoms with Crippen LogP contribution in [0.5, 0.6) is 5.75 Å². The summed E-state index contributed by atoms with van der Waals surface area (Å²) in [5.41, 5.74) is -0.813. The number of rotatable bonds is 6. The molecule has 2 amide bonds. The maximum absolute atomic E-state index is 12.5. The van der Waals surface area contributed by atoms with Crippen LogP contribution in [0.2, 0.25) is 0 Å². The van der Waals surface area contributed by atoms with Gasteiger partial charge in [-0.05, 0) is 38.3 Å². The van der Waals surface area contributed by atoms with Gasteiger partial charge in [0.2, 0.25) is 0 Å². The first-order valence-corrected chi connectivity index (χ1v) is 9.16. The summed E-state index contributed by atoms with van der Waals surface area (Å²) in [4.78, 5) is 35.7. The van der Waals surface area contributed by atoms with E-state index in [-0.39, 0.29) is 40.9 Å². The highest BCUT2D eigenvalue weighted by molar-refractivity contribution is 5.93. The number of hydrogen-bond donors (Lipinski definition) is 2. The van der Waals surface area contributed by atoms with Gasteiger partial charge in [0.05, 0.1) is 18.1 Å². The fraction of sp³-hybridized carbons (Fsp3) is 0.421. The summed E-state index contributed by atoms with van der Waals surface area (Å²) >= 11 is 0. The third kappa shape index (κ3) is 3.91. The van der Waals surface area contributed by atoms with Gasteiger partial charge in [0.15, 0.2) is 6.61 Å². The van der Waals surface area contributed by atoms with E-state index < -0.39 is 11.9 Å². The number of hydrogen-bond acceptors (Lipinski definition) is 6. The molecule has 0 aliphatic heterocycles. The summed E-state index contributed by atoms with van der Waals surface area (Å²) in [5.74, 6) is -0.627. The molecule has 8 nitrogen and oxygen atoms in total. The zero-order valence-corrected chi connectivity index (χ0v) is 15.9. The van der Waals surface area contributed by atoms with Gasteiger partial charge in [-0.3, -0.25) is 14.6 Å². The first kappa shape index (κ1) is 20.0. The van der Waals surface area contributed by atoms with Crippen molar-refractivity contribution in [2.75, 3.05) is 6.61 Å². The first-order valence-electron chi connectivity index (χ1n) is 9.16. The number of carbonyl (C=O) groups excluding carboxylic acids is 2. The second-order valence-electron chi connectivity index (χ2n) is 7.80. The molecule has 3 aliphatic carbocycles. The Morgan fingerprint density at radius 1 is 1.03 bits per heavy atom. The summed E-state index contributed by atoms with van der Waals surface area (Å²) in [6.07, 6.45) is 1.12. The van der Waals surface area contributed by atoms with E-state index in [1.807, 2.05) is 0 Å². The monoisotopic (exact) mass is 421 g/mol. The molecule has 2 heterocycles. The zero-order chi connectivity index (χ0) is 21.6. The molecule has 0 saturated heterocycles. The van der Waals surface area contributed by atoms with Gasteiger partial charge in [0.25, 0.3) is 11.8 Å². The van der Waals surface area contributed by atoms with Gasteiger partial charge in [-0.25, -0.2) is 9.97 Å². The molecule has 2 aromatic rings. The highest BCUT2D eigenvalue weighted by Gasteiger charge is 2.69. The standard InChI is InChI=1S/C19H18F3N5O3/c1-11-4-24-13(6-23-11)16(29)27-18-8-17(9-18,10-18)26-15(28)7-30-12-2-3-14(25-5-12)19(20,21)22/h2-6H,7-10H2,1H3,(H,26,28)(H,27,29). The Hall–Kier alpha value is -3.24. The number of halogens is 3. The number of carbonyl (C=O) groups is 2. The van der Waals surface area contributed by atoms with Crippen molar-refractivity contribution >= 4 is 11.8 Å². The SMILES string of the molecule is Cc1cnc(C(=O)NC23CC(NC(=O)COc4ccc(C(F)(F)F)nc4)(C2)C3)cn1. The van der Waals surface area contributed by atoms with Crippen LogP contribution < -0.4 is 15.4 Å². The van der Waals surface area contributed by atoms with Crippen LogP contribution in [-0.2, 0) is 11.0 Å². The summed E-state index contributed by atoms with van der Waals surface area (Å²) in [7, 11) is 0. The Morgan fingerprint density at radius 3 is 2.30 bits per heavy atom. The molecule has 158 valence electrons. The molecule has 0 unspecified atom stereocenters. The van der Waals surface area contributed by atoms with Crippen LogP contribution >= 0.6 is 0 Å². The Kier molecular flexibility index (Phi) is 4.63. The molecule has 0 atom stereocenters. The van der Waals surface area contributed by atoms with Gasteiger partial charge < -0.3 is 15.4 Å². The van der Waals surface area contributed by atoms with Crippen LogP contribution in [0.15, 0.2) is 30.7 Å². The molecular weight excluding hydrogens is 403 g/mol. The van der Waals surface area contributed by atoms with Crippen LogP contribution in [-0.4, -0.2) is 44.5 Å². The maximum Gasteiger partial charge on any atom is 0.433 e. The second kappa shape index (κ2) is 6.92. The molecule has 2 aromatic heterocycles. The molecule has 0 aromatic carbocycles. The Balaban J connectivity index is 1.22. The molecule has 2 N–H and O–H groups in total. The van der Waals surface area contributed by atoms with Crippen LogP contribution in [0, 0.1) is 6.92 Å². The van der Waals surface area contributed by atoms with Crippen molar-refractivity contribution in [1.82, 2.24) is 25.6 Å². The lowest BCUT2D eigenvalue weighted by Crippen LogP contribution is -2.84. The van der Waals surface area contributed by atoms with E-state index in [9.17, 15) is 22.8 Å². The molecular formula is C19H18F3N5O3. The molecule has 3 aliphatic rings. The Labute approximate surface area is 169 Å². The smallest absolute Gasteiger partial charge is 0.433 e. The van der Waals surface area contributed by atoms with Crippen molar-refractivity contribution in [1.29, 1.82) is 0 Å². The van der Waals surface area contributed by atoms with E-state index >= 15 is 0 Å². The van der Waals surface area contributed by atoms with E-state index in [1.165, 1.54) is 12.4 Å². The number of aryl methyl sites for hydroxylation is 1. The third-order valence-electron chi connectivity index (χ3n) is 5.22. The maximum atomic E-state index is 12.5. The van der Waals surface area contributed by atoms with Crippen LogP contribution in [0.1, 0.15) is 41.1 Å². The Bertz CT molecular complexity index is 957. The molecule has 0 radical (unpaired) electrons. The highest BCUT2D eigenvalue weighted by atomic mass is 19.4. The molecule has 2 bridgehead atoms. The molecule has 11 heteroatoms. The minimum atomic E-state index is -4.53. The fourth-order valence-electron chi connectivity index (χ4n) is 3.98. The average Bonchev–Trinajstić information content (AvgIpc) is 2.63. The van der Waals surface area contributed by atoms with Crippen molar-refractivity contribution in [2.45, 2.75) is 43.4 Å². The number of pyridine rings is 1. The lowest BCUT2D eigenvalue weighted by Gasteiger charge is -2.70. The third-order valence-corrected chi connectivity index (χ3v) is 5.22. The molecule has 3 fully saturated rings. The van der Waals surface area contributed by atoms with E-state index in [0.29, 0.717) is 25.0 Å². The summed E-state index contributed by atoms with van der Waals surface area (Å²) in [5, 5.41) is 5.81. The van der Waals surface area contributed by atoms with E-state index in [0.717, 1.165) is 18.3 Å². The van der Waals surface area contributed by atoms with Gasteiger partial charge >= 0.3 is 6.18 Å². The predicted octanol–water partition coefficient (Wildman–Crippen LogP) is 1.80. The number of nitrogens with zero attached hydrogens (tertiary/aromatic N) is 3. The quantitative estimate of drug-likeness (QED) is 0.737. The van der Waals surface area contributed by atoms with E-state index in [4.69, 9.17) is 4.74 Å². The summed E-state index contributed by atoms with van der Waals surface area (Å²) < 4.78 is 42.7. The van der Waals surface area contributed by atoms with Crippen molar-refractivity contribution in [3.63, 3.8) is 0 Å². The number of nitrogens with one attached hydrogen (secondary N) is 2. The largest absolute Gasteiger partial charge is 0.482 e. The second-order valence-corrected chi connectivity index (χ2v) is 7.80. The number of ether oxygens (including phenoxy) is 1. The predicted molar refractivity (Wildman–Crippen MR) is 96.4 cm³/mol. The Morgan fingerprint density at radius 2 is 1.73 bits per heavy atom. The molecule has 5 rings (SSSR count). The average molecular weight is 421 g/mol. The van der Waals surface area contributed by atoms with Crippen molar-refractivity contribution in [2.24, 2.45) is 0 Å². The number of amides is 2. The van der Waals surface area contributed by atoms with Gasteiger partial charge in [0, 0.05) is 17.3 Å². The summed E-state index contributed by atoms with van der Waals surface area (Å²) in [6, 6.07) is 1.90. The minimum Gasteiger partial charge on any atom is -0.482 e. The molecule has 30 heavy (non-hydrogen) atoms. The number of aromatic nitrogens is 3. The van der Waals surface area contributed by atoms with Crippen LogP contribution in [0.3, 0.4) is 0 Å². The molecule has 3 saturated carbocycles. The topological polar surface area (TPSA) is 106 Å². The zero-order valence-electron chi connectivity index (χ0n) is 15.9. The first-order chi connectivity index (χ1) is 14.1. The molecule has 0 spiro atoms. The van der Waals surface area contributed by atoms with E-state index in [2.05, 4.69) is 25.6 Å². The van der Waals surface area contributed by atoms with Crippen molar-refractivity contribution in [3.8, 4) is 5.75 Å². The van der Waals surface area contributed by atoms with E-state index in [1.54, 1.807) is 6.92 Å². The fourth-order valence-corrected chi connectivity index (χ4v) is 3.98. The summed E-state index contributed by atoms with van der Waals surface area (Å²) in [6.45, 7) is 1.44. The van der Waals surface area contributed by atoms with Crippen LogP contribution in [0.4, 0.5) is 13.2 Å². The van der Waals surface area contributed by atoms with Gasteiger partial charge in [-0.2, -0.15) is 13.2 Å². The van der Waals surface area contributed by atoms with Crippen molar-refractivity contribution in [3.05, 3.63) is 47.8 Å². The number of alkyl halides is 3.